The topological polar surface area (TPSA) is 37.8 Å². The third kappa shape index (κ3) is 2.18. The van der Waals surface area contributed by atoms with Crippen molar-refractivity contribution in [3.63, 3.8) is 0 Å². The van der Waals surface area contributed by atoms with Gasteiger partial charge in [-0.2, -0.15) is 0 Å². The van der Waals surface area contributed by atoms with Gasteiger partial charge in [-0.1, -0.05) is 35.9 Å². The fourth-order valence-corrected chi connectivity index (χ4v) is 2.65. The van der Waals surface area contributed by atoms with Crippen molar-refractivity contribution >= 4 is 17.4 Å². The van der Waals surface area contributed by atoms with E-state index in [1.807, 2.05) is 0 Å². The number of fused-ring (bicyclic) bond motifs is 1. The molecule has 4 heteroatoms. The summed E-state index contributed by atoms with van der Waals surface area (Å²) in [7, 11) is 0. The Bertz CT molecular complexity index is 556. The average Bonchev–Trinajstić information content (AvgIpc) is 2.42. The third-order valence-corrected chi connectivity index (χ3v) is 3.61. The lowest BCUT2D eigenvalue weighted by atomic mass is 9.88. The minimum Gasteiger partial charge on any atom is -0.361 e. The summed E-state index contributed by atoms with van der Waals surface area (Å²) in [4.78, 5) is 8.28. The first-order valence-corrected chi connectivity index (χ1v) is 6.53. The van der Waals surface area contributed by atoms with Gasteiger partial charge >= 0.3 is 0 Å². The fourth-order valence-electron chi connectivity index (χ4n) is 2.49. The molecule has 1 heterocycles. The van der Waals surface area contributed by atoms with Crippen molar-refractivity contribution in [2.24, 2.45) is 0 Å². The highest BCUT2D eigenvalue weighted by atomic mass is 35.5. The number of halogens is 1. The average molecular weight is 260 g/mol. The van der Waals surface area contributed by atoms with Gasteiger partial charge in [-0.05, 0) is 30.4 Å². The molecule has 0 spiro atoms. The van der Waals surface area contributed by atoms with Crippen LogP contribution >= 0.6 is 11.6 Å². The van der Waals surface area contributed by atoms with E-state index in [4.69, 9.17) is 11.6 Å². The molecule has 18 heavy (non-hydrogen) atoms. The van der Waals surface area contributed by atoms with E-state index < -0.39 is 0 Å². The molecule has 1 aliphatic rings. The lowest BCUT2D eigenvalue weighted by molar-refractivity contribution is 0.598. The Kier molecular flexibility index (Phi) is 3.15. The van der Waals surface area contributed by atoms with E-state index in [1.54, 1.807) is 12.4 Å². The maximum atomic E-state index is 6.03. The van der Waals surface area contributed by atoms with E-state index in [-0.39, 0.29) is 6.04 Å². The van der Waals surface area contributed by atoms with Gasteiger partial charge in [0.2, 0.25) is 0 Å². The summed E-state index contributed by atoms with van der Waals surface area (Å²) in [6.07, 6.45) is 6.70. The van der Waals surface area contributed by atoms with Crippen molar-refractivity contribution in [2.45, 2.75) is 25.3 Å². The summed E-state index contributed by atoms with van der Waals surface area (Å²) < 4.78 is 0. The van der Waals surface area contributed by atoms with Gasteiger partial charge in [0.25, 0.3) is 0 Å². The number of aryl methyl sites for hydroxylation is 1. The molecule has 1 atom stereocenters. The first-order valence-electron chi connectivity index (χ1n) is 6.15. The highest BCUT2D eigenvalue weighted by Gasteiger charge is 2.20. The molecule has 1 aliphatic carbocycles. The van der Waals surface area contributed by atoms with Gasteiger partial charge in [-0.3, -0.25) is 0 Å². The molecule has 1 N–H and O–H groups in total. The maximum Gasteiger partial charge on any atom is 0.171 e. The monoisotopic (exact) mass is 259 g/mol. The van der Waals surface area contributed by atoms with Crippen LogP contribution in [-0.2, 0) is 6.42 Å². The largest absolute Gasteiger partial charge is 0.361 e. The predicted octanol–water partition coefficient (Wildman–Crippen LogP) is 3.62. The van der Waals surface area contributed by atoms with Crippen LogP contribution in [0.2, 0.25) is 5.15 Å². The molecule has 1 aromatic carbocycles. The quantitative estimate of drug-likeness (QED) is 0.895. The molecule has 0 saturated carbocycles. The Hall–Kier alpha value is -1.61. The second-order valence-corrected chi connectivity index (χ2v) is 4.84. The van der Waals surface area contributed by atoms with E-state index in [1.165, 1.54) is 17.5 Å². The summed E-state index contributed by atoms with van der Waals surface area (Å²) in [6.45, 7) is 0. The smallest absolute Gasteiger partial charge is 0.171 e. The van der Waals surface area contributed by atoms with Crippen LogP contribution in [-0.4, -0.2) is 9.97 Å². The van der Waals surface area contributed by atoms with Crippen LogP contribution in [0.15, 0.2) is 36.7 Å². The Balaban J connectivity index is 1.89. The second-order valence-electron chi connectivity index (χ2n) is 4.48. The molecule has 1 aromatic heterocycles. The van der Waals surface area contributed by atoms with Crippen LogP contribution in [0.5, 0.6) is 0 Å². The van der Waals surface area contributed by atoms with Crippen molar-refractivity contribution in [3.8, 4) is 0 Å². The molecule has 3 nitrogen and oxygen atoms in total. The van der Waals surface area contributed by atoms with Crippen LogP contribution < -0.4 is 5.32 Å². The van der Waals surface area contributed by atoms with Crippen molar-refractivity contribution in [3.05, 3.63) is 52.9 Å². The lowest BCUT2D eigenvalue weighted by Gasteiger charge is -2.26. The normalized spacial score (nSPS) is 18.2. The first kappa shape index (κ1) is 11.5. The molecule has 0 aliphatic heterocycles. The molecule has 92 valence electrons. The van der Waals surface area contributed by atoms with Crippen molar-refractivity contribution in [2.75, 3.05) is 5.32 Å². The molecule has 2 aromatic rings. The summed E-state index contributed by atoms with van der Waals surface area (Å²) in [5.41, 5.74) is 2.77. The minimum absolute atomic E-state index is 0.282. The lowest BCUT2D eigenvalue weighted by Crippen LogP contribution is -2.18. The van der Waals surface area contributed by atoms with Gasteiger partial charge in [0.1, 0.15) is 0 Å². The molecule has 0 radical (unpaired) electrons. The van der Waals surface area contributed by atoms with Gasteiger partial charge in [0.05, 0.1) is 6.04 Å². The van der Waals surface area contributed by atoms with Crippen molar-refractivity contribution in [1.82, 2.24) is 9.97 Å². The Morgan fingerprint density at radius 3 is 2.89 bits per heavy atom. The van der Waals surface area contributed by atoms with Crippen LogP contribution in [0, 0.1) is 0 Å². The second kappa shape index (κ2) is 4.94. The maximum absolute atomic E-state index is 6.03. The minimum atomic E-state index is 0.282. The van der Waals surface area contributed by atoms with E-state index >= 15 is 0 Å². The van der Waals surface area contributed by atoms with Crippen LogP contribution in [0.4, 0.5) is 5.82 Å². The van der Waals surface area contributed by atoms with E-state index in [0.29, 0.717) is 11.0 Å². The number of hydrogen-bond donors (Lipinski definition) is 1. The SMILES string of the molecule is Clc1nccnc1NC1CCCc2ccccc21. The zero-order valence-corrected chi connectivity index (χ0v) is 10.7. The number of rotatable bonds is 2. The molecule has 0 saturated heterocycles. The number of anilines is 1. The molecule has 0 fully saturated rings. The Morgan fingerprint density at radius 1 is 1.17 bits per heavy atom. The Morgan fingerprint density at radius 2 is 2.00 bits per heavy atom. The van der Waals surface area contributed by atoms with Crippen LogP contribution in [0.25, 0.3) is 0 Å². The third-order valence-electron chi connectivity index (χ3n) is 3.33. The summed E-state index contributed by atoms with van der Waals surface area (Å²) in [6, 6.07) is 8.83. The van der Waals surface area contributed by atoms with Crippen LogP contribution in [0.1, 0.15) is 30.0 Å². The van der Waals surface area contributed by atoms with E-state index in [0.717, 1.165) is 12.8 Å². The predicted molar refractivity (Wildman–Crippen MR) is 72.8 cm³/mol. The summed E-state index contributed by atoms with van der Waals surface area (Å²) >= 11 is 6.03. The molecule has 0 bridgehead atoms. The van der Waals surface area contributed by atoms with Crippen LogP contribution in [0.3, 0.4) is 0 Å². The van der Waals surface area contributed by atoms with Crippen molar-refractivity contribution in [1.29, 1.82) is 0 Å². The number of nitrogens with zero attached hydrogens (tertiary/aromatic N) is 2. The zero-order chi connectivity index (χ0) is 12.4. The number of nitrogens with one attached hydrogen (secondary N) is 1. The zero-order valence-electron chi connectivity index (χ0n) is 9.94. The highest BCUT2D eigenvalue weighted by Crippen LogP contribution is 2.32. The van der Waals surface area contributed by atoms with Gasteiger partial charge in [0, 0.05) is 12.4 Å². The standard InChI is InChI=1S/C14H14ClN3/c15-13-14(17-9-8-16-13)18-12-7-3-5-10-4-1-2-6-11(10)12/h1-2,4,6,8-9,12H,3,5,7H2,(H,17,18). The molecule has 0 amide bonds. The fraction of sp³-hybridized carbons (Fsp3) is 0.286. The van der Waals surface area contributed by atoms with Gasteiger partial charge in [0.15, 0.2) is 11.0 Å². The Labute approximate surface area is 111 Å². The number of hydrogen-bond acceptors (Lipinski definition) is 3. The first-order chi connectivity index (χ1) is 8.84. The molecule has 3 rings (SSSR count). The van der Waals surface area contributed by atoms with E-state index in [9.17, 15) is 0 Å². The van der Waals surface area contributed by atoms with Crippen molar-refractivity contribution < 1.29 is 0 Å². The summed E-state index contributed by atoms with van der Waals surface area (Å²) in [5, 5.41) is 3.83. The highest BCUT2D eigenvalue weighted by molar-refractivity contribution is 6.31. The van der Waals surface area contributed by atoms with E-state index in [2.05, 4.69) is 39.6 Å². The number of aromatic nitrogens is 2. The van der Waals surface area contributed by atoms with Gasteiger partial charge in [-0.15, -0.1) is 0 Å². The molecular weight excluding hydrogens is 246 g/mol. The molecule has 1 unspecified atom stereocenters. The molecular formula is C14H14ClN3. The van der Waals surface area contributed by atoms with Gasteiger partial charge in [-0.25, -0.2) is 9.97 Å². The number of benzene rings is 1. The summed E-state index contributed by atoms with van der Waals surface area (Å²) in [5.74, 6) is 0.667. The van der Waals surface area contributed by atoms with Gasteiger partial charge < -0.3 is 5.32 Å².